The van der Waals surface area contributed by atoms with Gasteiger partial charge in [0, 0.05) is 18.5 Å². The van der Waals surface area contributed by atoms with Gasteiger partial charge in [-0.2, -0.15) is 0 Å². The van der Waals surface area contributed by atoms with Gasteiger partial charge in [-0.1, -0.05) is 0 Å². The normalized spacial score (nSPS) is 19.5. The number of hydrogen-bond acceptors (Lipinski definition) is 6. The molecule has 3 heterocycles. The minimum atomic E-state index is -0.890. The highest BCUT2D eigenvalue weighted by atomic mass is 32.1. The lowest BCUT2D eigenvalue weighted by molar-refractivity contribution is -0.147. The van der Waals surface area contributed by atoms with Crippen molar-refractivity contribution < 1.29 is 23.9 Å². The summed E-state index contributed by atoms with van der Waals surface area (Å²) >= 11 is 1.23. The molecule has 9 heteroatoms. The lowest BCUT2D eigenvalue weighted by Crippen LogP contribution is -2.35. The fourth-order valence-corrected chi connectivity index (χ4v) is 3.55. The molecule has 26 heavy (non-hydrogen) atoms. The van der Waals surface area contributed by atoms with Gasteiger partial charge in [0.1, 0.15) is 5.76 Å². The number of nitrogens with one attached hydrogen (secondary N) is 1. The first-order chi connectivity index (χ1) is 12.3. The predicted octanol–water partition coefficient (Wildman–Crippen LogP) is 2.16. The van der Waals surface area contributed by atoms with Gasteiger partial charge in [0.05, 0.1) is 29.4 Å². The van der Waals surface area contributed by atoms with Crippen molar-refractivity contribution in [2.24, 2.45) is 5.41 Å². The molecule has 0 aliphatic carbocycles. The number of nitrogens with zero attached hydrogens (tertiary/aromatic N) is 2. The third-order valence-corrected chi connectivity index (χ3v) is 5.36. The van der Waals surface area contributed by atoms with Crippen LogP contribution in [-0.4, -0.2) is 45.9 Å². The van der Waals surface area contributed by atoms with E-state index >= 15 is 0 Å². The quantitative estimate of drug-likeness (QED) is 0.826. The lowest BCUT2D eigenvalue weighted by Gasteiger charge is -2.19. The first kappa shape index (κ1) is 18.1. The zero-order chi connectivity index (χ0) is 18.9. The van der Waals surface area contributed by atoms with Crippen LogP contribution in [0.25, 0.3) is 0 Å². The third-order valence-electron chi connectivity index (χ3n) is 4.55. The minimum absolute atomic E-state index is 0.0762. The number of aliphatic carboxylic acids is 1. The number of hydrogen-bond donors (Lipinski definition) is 2. The molecule has 1 aliphatic heterocycles. The van der Waals surface area contributed by atoms with E-state index in [2.05, 4.69) is 10.3 Å². The van der Waals surface area contributed by atoms with Crippen LogP contribution in [0.4, 0.5) is 5.13 Å². The Labute approximate surface area is 153 Å². The number of likely N-dealkylation sites (tertiary alicyclic amines) is 1. The molecule has 2 aromatic heterocycles. The summed E-state index contributed by atoms with van der Waals surface area (Å²) in [6, 6.07) is 1.58. The highest BCUT2D eigenvalue weighted by molar-refractivity contribution is 7.14. The molecule has 0 aromatic carbocycles. The van der Waals surface area contributed by atoms with Crippen molar-refractivity contribution in [3.05, 3.63) is 34.7 Å². The fraction of sp³-hybridized carbons (Fsp3) is 0.412. The summed E-state index contributed by atoms with van der Waals surface area (Å²) in [6.45, 7) is 3.97. The molecule has 2 N–H and O–H groups in total. The maximum absolute atomic E-state index is 12.4. The monoisotopic (exact) mass is 377 g/mol. The van der Waals surface area contributed by atoms with Gasteiger partial charge in [0.25, 0.3) is 5.91 Å². The Morgan fingerprint density at radius 2 is 2.23 bits per heavy atom. The second-order valence-corrected chi connectivity index (χ2v) is 7.45. The van der Waals surface area contributed by atoms with Crippen LogP contribution in [0.15, 0.2) is 22.1 Å². The van der Waals surface area contributed by atoms with Crippen LogP contribution >= 0.6 is 11.3 Å². The molecule has 1 atom stereocenters. The molecule has 2 amide bonds. The van der Waals surface area contributed by atoms with E-state index in [1.54, 1.807) is 30.2 Å². The summed E-state index contributed by atoms with van der Waals surface area (Å²) in [7, 11) is 0. The van der Waals surface area contributed by atoms with Gasteiger partial charge in [-0.3, -0.25) is 19.7 Å². The molecule has 0 saturated carbocycles. The van der Waals surface area contributed by atoms with Gasteiger partial charge in [0.15, 0.2) is 5.13 Å². The number of furan rings is 1. The van der Waals surface area contributed by atoms with Crippen LogP contribution in [-0.2, 0) is 16.0 Å². The van der Waals surface area contributed by atoms with Gasteiger partial charge < -0.3 is 14.4 Å². The summed E-state index contributed by atoms with van der Waals surface area (Å²) < 4.78 is 5.10. The number of carbonyl (C=O) groups is 3. The van der Waals surface area contributed by atoms with Gasteiger partial charge in [-0.15, -0.1) is 11.3 Å². The Bertz CT molecular complexity index is 858. The second kappa shape index (κ2) is 6.91. The van der Waals surface area contributed by atoms with E-state index in [1.165, 1.54) is 17.6 Å². The molecule has 1 fully saturated rings. The van der Waals surface area contributed by atoms with Crippen molar-refractivity contribution in [2.75, 3.05) is 18.4 Å². The molecule has 1 saturated heterocycles. The van der Waals surface area contributed by atoms with Crippen molar-refractivity contribution in [1.29, 1.82) is 0 Å². The number of amides is 2. The maximum Gasteiger partial charge on any atom is 0.311 e. The van der Waals surface area contributed by atoms with Crippen molar-refractivity contribution >= 4 is 34.3 Å². The number of anilines is 1. The second-order valence-electron chi connectivity index (χ2n) is 6.60. The highest BCUT2D eigenvalue weighted by Gasteiger charge is 2.42. The smallest absolute Gasteiger partial charge is 0.311 e. The van der Waals surface area contributed by atoms with Crippen LogP contribution in [0, 0.1) is 12.3 Å². The summed E-state index contributed by atoms with van der Waals surface area (Å²) in [5.74, 6) is -0.852. The number of carboxylic acid groups (broad SMARTS) is 1. The zero-order valence-corrected chi connectivity index (χ0v) is 15.3. The van der Waals surface area contributed by atoms with Crippen LogP contribution in [0.5, 0.6) is 0 Å². The summed E-state index contributed by atoms with van der Waals surface area (Å²) in [4.78, 5) is 41.6. The average molecular weight is 377 g/mol. The molecule has 0 bridgehead atoms. The first-order valence-electron chi connectivity index (χ1n) is 8.09. The van der Waals surface area contributed by atoms with Gasteiger partial charge in [0.2, 0.25) is 5.91 Å². The maximum atomic E-state index is 12.4. The van der Waals surface area contributed by atoms with E-state index in [0.717, 1.165) is 0 Å². The zero-order valence-electron chi connectivity index (χ0n) is 14.4. The van der Waals surface area contributed by atoms with Crippen molar-refractivity contribution in [1.82, 2.24) is 9.88 Å². The number of rotatable bonds is 5. The number of carbonyl (C=O) groups excluding carboxylic acids is 2. The molecule has 1 aliphatic rings. The topological polar surface area (TPSA) is 113 Å². The Morgan fingerprint density at radius 3 is 2.85 bits per heavy atom. The van der Waals surface area contributed by atoms with Crippen LogP contribution in [0.2, 0.25) is 0 Å². The SMILES string of the molecule is Cc1occc1C(=O)Nc1nc(CC(=O)N2CCC(C)(C(=O)O)C2)cs1. The van der Waals surface area contributed by atoms with E-state index in [1.807, 2.05) is 0 Å². The molecule has 1 unspecified atom stereocenters. The number of thiazole rings is 1. The number of carboxylic acids is 1. The fourth-order valence-electron chi connectivity index (χ4n) is 2.85. The Hall–Kier alpha value is -2.68. The first-order valence-corrected chi connectivity index (χ1v) is 8.97. The Morgan fingerprint density at radius 1 is 1.46 bits per heavy atom. The molecule has 3 rings (SSSR count). The van der Waals surface area contributed by atoms with Crippen LogP contribution in [0.3, 0.4) is 0 Å². The van der Waals surface area contributed by atoms with Gasteiger partial charge in [-0.25, -0.2) is 4.98 Å². The predicted molar refractivity (Wildman–Crippen MR) is 94.2 cm³/mol. The molecule has 8 nitrogen and oxygen atoms in total. The number of aryl methyl sites for hydroxylation is 1. The molecule has 0 radical (unpaired) electrons. The Balaban J connectivity index is 1.59. The van der Waals surface area contributed by atoms with E-state index in [0.29, 0.717) is 35.1 Å². The standard InChI is InChI=1S/C17H19N3O5S/c1-10-12(3-6-25-10)14(22)19-16-18-11(8-26-16)7-13(21)20-5-4-17(2,9-20)15(23)24/h3,6,8H,4-5,7,9H2,1-2H3,(H,23,24)(H,18,19,22). The molecule has 0 spiro atoms. The van der Waals surface area contributed by atoms with Crippen LogP contribution in [0.1, 0.15) is 35.2 Å². The molecular weight excluding hydrogens is 358 g/mol. The Kier molecular flexibility index (Phi) is 4.82. The molecule has 138 valence electrons. The van der Waals surface area contributed by atoms with E-state index in [-0.39, 0.29) is 24.8 Å². The lowest BCUT2D eigenvalue weighted by atomic mass is 9.90. The third kappa shape index (κ3) is 3.62. The van der Waals surface area contributed by atoms with Crippen molar-refractivity contribution in [2.45, 2.75) is 26.7 Å². The molecular formula is C17H19N3O5S. The van der Waals surface area contributed by atoms with E-state index in [9.17, 15) is 19.5 Å². The van der Waals surface area contributed by atoms with Crippen LogP contribution < -0.4 is 5.32 Å². The van der Waals surface area contributed by atoms with Crippen molar-refractivity contribution in [3.63, 3.8) is 0 Å². The summed E-state index contributed by atoms with van der Waals surface area (Å²) in [5, 5.41) is 14.0. The average Bonchev–Trinajstić information content (AvgIpc) is 3.28. The largest absolute Gasteiger partial charge is 0.481 e. The van der Waals surface area contributed by atoms with Gasteiger partial charge in [-0.05, 0) is 26.3 Å². The highest BCUT2D eigenvalue weighted by Crippen LogP contribution is 2.30. The summed E-state index contributed by atoms with van der Waals surface area (Å²) in [6.07, 6.45) is 1.96. The molecule has 2 aromatic rings. The number of aromatic nitrogens is 1. The van der Waals surface area contributed by atoms with E-state index < -0.39 is 11.4 Å². The van der Waals surface area contributed by atoms with E-state index in [4.69, 9.17) is 4.42 Å². The van der Waals surface area contributed by atoms with Gasteiger partial charge >= 0.3 is 5.97 Å². The minimum Gasteiger partial charge on any atom is -0.481 e. The van der Waals surface area contributed by atoms with Crippen molar-refractivity contribution in [3.8, 4) is 0 Å². The summed E-state index contributed by atoms with van der Waals surface area (Å²) in [5.41, 5.74) is 0.0882.